The van der Waals surface area contributed by atoms with Gasteiger partial charge in [-0.15, -0.1) is 0 Å². The van der Waals surface area contributed by atoms with Gasteiger partial charge in [0.05, 0.1) is 13.0 Å². The summed E-state index contributed by atoms with van der Waals surface area (Å²) in [7, 11) is 0. The Morgan fingerprint density at radius 2 is 1.72 bits per heavy atom. The second kappa shape index (κ2) is 9.44. The Morgan fingerprint density at radius 1 is 1.06 bits per heavy atom. The molecule has 0 saturated heterocycles. The van der Waals surface area contributed by atoms with E-state index in [0.717, 1.165) is 0 Å². The molecular formula is C12H22N2O4. The molecule has 18 heavy (non-hydrogen) atoms. The van der Waals surface area contributed by atoms with E-state index < -0.39 is 0 Å². The van der Waals surface area contributed by atoms with E-state index >= 15 is 0 Å². The molecule has 0 rings (SSSR count). The molecule has 0 aromatic rings. The Kier molecular flexibility index (Phi) is 8.61. The van der Waals surface area contributed by atoms with Gasteiger partial charge in [-0.2, -0.15) is 0 Å². The van der Waals surface area contributed by atoms with Gasteiger partial charge >= 0.3 is 5.97 Å². The van der Waals surface area contributed by atoms with Crippen LogP contribution < -0.4 is 10.6 Å². The lowest BCUT2D eigenvalue weighted by atomic mass is 10.3. The van der Waals surface area contributed by atoms with Gasteiger partial charge in [0.25, 0.3) is 0 Å². The summed E-state index contributed by atoms with van der Waals surface area (Å²) < 4.78 is 4.70. The summed E-state index contributed by atoms with van der Waals surface area (Å²) in [5.74, 6) is -0.735. The van der Waals surface area contributed by atoms with Crippen molar-refractivity contribution in [3.63, 3.8) is 0 Å². The number of carbonyl (C=O) groups excluding carboxylic acids is 3. The molecular weight excluding hydrogens is 236 g/mol. The number of nitrogens with one attached hydrogen (secondary N) is 2. The average Bonchev–Trinajstić information content (AvgIpc) is 2.25. The Labute approximate surface area is 107 Å². The second-order valence-corrected chi connectivity index (χ2v) is 4.13. The van der Waals surface area contributed by atoms with Crippen LogP contribution >= 0.6 is 0 Å². The standard InChI is InChI=1S/C12H22N2O4/c1-4-18-12(17)6-5-10(15)13-8-7-11(16)14-9(2)3/h9H,4-8H2,1-3H3,(H,13,15)(H,14,16). The highest BCUT2D eigenvalue weighted by Crippen LogP contribution is 1.93. The number of carbonyl (C=O) groups is 3. The molecule has 0 bridgehead atoms. The largest absolute Gasteiger partial charge is 0.466 e. The normalized spacial score (nSPS) is 10.0. The number of hydrogen-bond donors (Lipinski definition) is 2. The Hall–Kier alpha value is -1.59. The van der Waals surface area contributed by atoms with E-state index in [1.165, 1.54) is 0 Å². The van der Waals surface area contributed by atoms with Gasteiger partial charge in [-0.3, -0.25) is 14.4 Å². The number of rotatable bonds is 8. The summed E-state index contributed by atoms with van der Waals surface area (Å²) in [5, 5.41) is 5.30. The molecule has 0 aliphatic rings. The monoisotopic (exact) mass is 258 g/mol. The molecule has 0 aromatic heterocycles. The van der Waals surface area contributed by atoms with Crippen molar-refractivity contribution in [1.82, 2.24) is 10.6 Å². The molecule has 0 fully saturated rings. The van der Waals surface area contributed by atoms with Crippen LogP contribution in [-0.2, 0) is 19.1 Å². The molecule has 0 aliphatic carbocycles. The minimum absolute atomic E-state index is 0.0673. The van der Waals surface area contributed by atoms with Gasteiger partial charge in [-0.25, -0.2) is 0 Å². The van der Waals surface area contributed by atoms with Crippen LogP contribution in [0.15, 0.2) is 0 Å². The fourth-order valence-corrected chi connectivity index (χ4v) is 1.25. The number of esters is 1. The molecule has 0 aromatic carbocycles. The Morgan fingerprint density at radius 3 is 2.28 bits per heavy atom. The van der Waals surface area contributed by atoms with Crippen molar-refractivity contribution in [1.29, 1.82) is 0 Å². The first kappa shape index (κ1) is 16.4. The van der Waals surface area contributed by atoms with Crippen molar-refractivity contribution in [3.8, 4) is 0 Å². The van der Waals surface area contributed by atoms with E-state index in [2.05, 4.69) is 10.6 Å². The molecule has 0 atom stereocenters. The minimum Gasteiger partial charge on any atom is -0.466 e. The number of amides is 2. The first-order chi connectivity index (χ1) is 8.45. The zero-order chi connectivity index (χ0) is 14.0. The van der Waals surface area contributed by atoms with Gasteiger partial charge < -0.3 is 15.4 Å². The van der Waals surface area contributed by atoms with Crippen LogP contribution in [0.3, 0.4) is 0 Å². The van der Waals surface area contributed by atoms with Gasteiger partial charge in [0.2, 0.25) is 11.8 Å². The molecule has 0 radical (unpaired) electrons. The van der Waals surface area contributed by atoms with Gasteiger partial charge in [0, 0.05) is 25.4 Å². The highest BCUT2D eigenvalue weighted by atomic mass is 16.5. The van der Waals surface area contributed by atoms with E-state index in [1.54, 1.807) is 6.92 Å². The van der Waals surface area contributed by atoms with Crippen molar-refractivity contribution in [2.45, 2.75) is 46.1 Å². The smallest absolute Gasteiger partial charge is 0.306 e. The predicted octanol–water partition coefficient (Wildman–Crippen LogP) is 0.361. The van der Waals surface area contributed by atoms with Crippen LogP contribution in [-0.4, -0.2) is 37.0 Å². The lowest BCUT2D eigenvalue weighted by molar-refractivity contribution is -0.144. The van der Waals surface area contributed by atoms with Gasteiger partial charge in [0.15, 0.2) is 0 Å². The van der Waals surface area contributed by atoms with E-state index in [1.807, 2.05) is 13.8 Å². The SMILES string of the molecule is CCOC(=O)CCC(=O)NCCC(=O)NC(C)C. The van der Waals surface area contributed by atoms with Crippen molar-refractivity contribution < 1.29 is 19.1 Å². The second-order valence-electron chi connectivity index (χ2n) is 4.13. The van der Waals surface area contributed by atoms with Crippen molar-refractivity contribution in [2.24, 2.45) is 0 Å². The summed E-state index contributed by atoms with van der Waals surface area (Å²) in [4.78, 5) is 33.5. The third-order valence-corrected chi connectivity index (χ3v) is 1.99. The maximum Gasteiger partial charge on any atom is 0.306 e. The summed E-state index contributed by atoms with van der Waals surface area (Å²) >= 11 is 0. The third kappa shape index (κ3) is 9.62. The molecule has 2 amide bonds. The van der Waals surface area contributed by atoms with E-state index in [-0.39, 0.29) is 49.6 Å². The maximum absolute atomic E-state index is 11.3. The van der Waals surface area contributed by atoms with Crippen LogP contribution in [0.5, 0.6) is 0 Å². The van der Waals surface area contributed by atoms with Crippen LogP contribution in [0.4, 0.5) is 0 Å². The van der Waals surface area contributed by atoms with Gasteiger partial charge in [-0.1, -0.05) is 0 Å². The summed E-state index contributed by atoms with van der Waals surface area (Å²) in [6.07, 6.45) is 0.395. The van der Waals surface area contributed by atoms with E-state index in [9.17, 15) is 14.4 Å². The molecule has 6 nitrogen and oxygen atoms in total. The molecule has 0 aliphatic heterocycles. The molecule has 2 N–H and O–H groups in total. The third-order valence-electron chi connectivity index (χ3n) is 1.99. The van der Waals surface area contributed by atoms with E-state index in [0.29, 0.717) is 6.61 Å². The number of hydrogen-bond acceptors (Lipinski definition) is 4. The van der Waals surface area contributed by atoms with E-state index in [4.69, 9.17) is 4.74 Å². The van der Waals surface area contributed by atoms with Crippen LogP contribution in [0.2, 0.25) is 0 Å². The fourth-order valence-electron chi connectivity index (χ4n) is 1.25. The molecule has 0 spiro atoms. The first-order valence-electron chi connectivity index (χ1n) is 6.17. The number of ether oxygens (including phenoxy) is 1. The molecule has 104 valence electrons. The zero-order valence-corrected chi connectivity index (χ0v) is 11.2. The molecule has 0 heterocycles. The van der Waals surface area contributed by atoms with Crippen LogP contribution in [0.25, 0.3) is 0 Å². The molecule has 0 unspecified atom stereocenters. The summed E-state index contributed by atoms with van der Waals surface area (Å²) in [5.41, 5.74) is 0. The van der Waals surface area contributed by atoms with Crippen molar-refractivity contribution in [2.75, 3.05) is 13.2 Å². The Balaban J connectivity index is 3.59. The van der Waals surface area contributed by atoms with Crippen LogP contribution in [0, 0.1) is 0 Å². The summed E-state index contributed by atoms with van der Waals surface area (Å²) in [6.45, 7) is 6.05. The average molecular weight is 258 g/mol. The molecule has 6 heteroatoms. The molecule has 0 saturated carbocycles. The highest BCUT2D eigenvalue weighted by Gasteiger charge is 2.08. The topological polar surface area (TPSA) is 84.5 Å². The van der Waals surface area contributed by atoms with Crippen molar-refractivity contribution in [3.05, 3.63) is 0 Å². The minimum atomic E-state index is -0.384. The lowest BCUT2D eigenvalue weighted by Gasteiger charge is -2.08. The van der Waals surface area contributed by atoms with Gasteiger partial charge in [-0.05, 0) is 20.8 Å². The predicted molar refractivity (Wildman–Crippen MR) is 66.8 cm³/mol. The fraction of sp³-hybridized carbons (Fsp3) is 0.750. The Bertz CT molecular complexity index is 290. The van der Waals surface area contributed by atoms with Gasteiger partial charge in [0.1, 0.15) is 0 Å². The highest BCUT2D eigenvalue weighted by molar-refractivity contribution is 5.82. The zero-order valence-electron chi connectivity index (χ0n) is 11.2. The van der Waals surface area contributed by atoms with Crippen LogP contribution in [0.1, 0.15) is 40.0 Å². The summed E-state index contributed by atoms with van der Waals surface area (Å²) in [6, 6.07) is 0.0945. The maximum atomic E-state index is 11.3. The lowest BCUT2D eigenvalue weighted by Crippen LogP contribution is -2.34. The quantitative estimate of drug-likeness (QED) is 0.616. The van der Waals surface area contributed by atoms with Crippen molar-refractivity contribution >= 4 is 17.8 Å². The first-order valence-corrected chi connectivity index (χ1v) is 6.17.